The predicted octanol–water partition coefficient (Wildman–Crippen LogP) is 3.65. The summed E-state index contributed by atoms with van der Waals surface area (Å²) in [5.41, 5.74) is 1.91. The third kappa shape index (κ3) is 3.16. The molecule has 0 saturated heterocycles. The highest BCUT2D eigenvalue weighted by Gasteiger charge is 2.06. The highest BCUT2D eigenvalue weighted by molar-refractivity contribution is 9.10. The molecule has 0 bridgehead atoms. The molecule has 0 aliphatic rings. The molecule has 3 rings (SSSR count). The summed E-state index contributed by atoms with van der Waals surface area (Å²) in [6.45, 7) is 0.503. The SMILES string of the molecule is N#Cc1cccc(-c2cn(Cc3cc(Br)cs3)c(=O)cn2)c1. The van der Waals surface area contributed by atoms with Crippen LogP contribution in [0.3, 0.4) is 0 Å². The van der Waals surface area contributed by atoms with Crippen LogP contribution in [0.15, 0.2) is 57.4 Å². The van der Waals surface area contributed by atoms with E-state index in [-0.39, 0.29) is 5.56 Å². The third-order valence-electron chi connectivity index (χ3n) is 3.11. The van der Waals surface area contributed by atoms with Crippen molar-refractivity contribution in [1.82, 2.24) is 9.55 Å². The molecule has 22 heavy (non-hydrogen) atoms. The second-order valence-corrected chi connectivity index (χ2v) is 6.57. The first-order valence-electron chi connectivity index (χ1n) is 6.45. The first-order valence-corrected chi connectivity index (χ1v) is 8.13. The van der Waals surface area contributed by atoms with Crippen molar-refractivity contribution in [2.24, 2.45) is 0 Å². The van der Waals surface area contributed by atoms with E-state index in [1.165, 1.54) is 6.20 Å². The molecule has 4 nitrogen and oxygen atoms in total. The van der Waals surface area contributed by atoms with Gasteiger partial charge >= 0.3 is 0 Å². The number of hydrogen-bond donors (Lipinski definition) is 0. The Morgan fingerprint density at radius 3 is 2.95 bits per heavy atom. The summed E-state index contributed by atoms with van der Waals surface area (Å²) in [7, 11) is 0. The summed E-state index contributed by atoms with van der Waals surface area (Å²) in [6.07, 6.45) is 3.05. The van der Waals surface area contributed by atoms with Gasteiger partial charge in [0.2, 0.25) is 0 Å². The van der Waals surface area contributed by atoms with E-state index in [1.54, 1.807) is 40.3 Å². The number of hydrogen-bond acceptors (Lipinski definition) is 4. The standard InChI is InChI=1S/C16H10BrN3OS/c17-13-5-14(22-10-13)8-20-9-15(19-7-16(20)21)12-3-1-2-11(4-12)6-18/h1-5,7,9-10H,8H2. The zero-order valence-electron chi connectivity index (χ0n) is 11.4. The summed E-state index contributed by atoms with van der Waals surface area (Å²) in [4.78, 5) is 17.2. The lowest BCUT2D eigenvalue weighted by Gasteiger charge is -2.07. The Morgan fingerprint density at radius 1 is 1.36 bits per heavy atom. The van der Waals surface area contributed by atoms with Gasteiger partial charge in [-0.05, 0) is 34.1 Å². The summed E-state index contributed by atoms with van der Waals surface area (Å²) < 4.78 is 2.64. The lowest BCUT2D eigenvalue weighted by atomic mass is 10.1. The van der Waals surface area contributed by atoms with Crippen LogP contribution in [0.25, 0.3) is 11.3 Å². The Labute approximate surface area is 139 Å². The fourth-order valence-electron chi connectivity index (χ4n) is 2.07. The number of nitriles is 1. The van der Waals surface area contributed by atoms with Gasteiger partial charge in [-0.1, -0.05) is 12.1 Å². The molecule has 0 fully saturated rings. The predicted molar refractivity (Wildman–Crippen MR) is 89.8 cm³/mol. The van der Waals surface area contributed by atoms with Crippen molar-refractivity contribution in [3.05, 3.63) is 73.4 Å². The molecule has 0 aliphatic carbocycles. The van der Waals surface area contributed by atoms with Gasteiger partial charge in [-0.25, -0.2) is 4.98 Å². The lowest BCUT2D eigenvalue weighted by Crippen LogP contribution is -2.19. The zero-order valence-corrected chi connectivity index (χ0v) is 13.8. The average molecular weight is 372 g/mol. The molecule has 6 heteroatoms. The number of nitrogens with zero attached hydrogens (tertiary/aromatic N) is 3. The number of halogens is 1. The molecular formula is C16H10BrN3OS. The summed E-state index contributed by atoms with van der Waals surface area (Å²) in [5, 5.41) is 11.0. The molecular weight excluding hydrogens is 362 g/mol. The fourth-order valence-corrected chi connectivity index (χ4v) is 3.52. The maximum Gasteiger partial charge on any atom is 0.269 e. The van der Waals surface area contributed by atoms with Crippen LogP contribution in [-0.4, -0.2) is 9.55 Å². The van der Waals surface area contributed by atoms with E-state index in [1.807, 2.05) is 17.5 Å². The van der Waals surface area contributed by atoms with Gasteiger partial charge in [0.05, 0.1) is 30.1 Å². The van der Waals surface area contributed by atoms with Gasteiger partial charge in [0.25, 0.3) is 5.56 Å². The van der Waals surface area contributed by atoms with Gasteiger partial charge in [-0.3, -0.25) is 4.79 Å². The van der Waals surface area contributed by atoms with Crippen molar-refractivity contribution in [2.45, 2.75) is 6.54 Å². The summed E-state index contributed by atoms with van der Waals surface area (Å²) in [5.74, 6) is 0. The minimum absolute atomic E-state index is 0.148. The molecule has 0 unspecified atom stereocenters. The molecule has 0 aliphatic heterocycles. The van der Waals surface area contributed by atoms with E-state index >= 15 is 0 Å². The van der Waals surface area contributed by atoms with E-state index < -0.39 is 0 Å². The Balaban J connectivity index is 1.99. The van der Waals surface area contributed by atoms with Gasteiger partial charge in [-0.15, -0.1) is 11.3 Å². The molecule has 0 saturated carbocycles. The monoisotopic (exact) mass is 371 g/mol. The molecule has 0 amide bonds. The maximum absolute atomic E-state index is 12.0. The normalized spacial score (nSPS) is 10.4. The first kappa shape index (κ1) is 14.7. The summed E-state index contributed by atoms with van der Waals surface area (Å²) >= 11 is 5.00. The van der Waals surface area contributed by atoms with Crippen molar-refractivity contribution < 1.29 is 0 Å². The molecule has 0 atom stereocenters. The molecule has 2 heterocycles. The van der Waals surface area contributed by atoms with Gasteiger partial charge in [0.15, 0.2) is 0 Å². The van der Waals surface area contributed by atoms with Crippen LogP contribution in [0.1, 0.15) is 10.4 Å². The second-order valence-electron chi connectivity index (χ2n) is 4.66. The van der Waals surface area contributed by atoms with Crippen LogP contribution >= 0.6 is 27.3 Å². The van der Waals surface area contributed by atoms with Crippen LogP contribution in [0.2, 0.25) is 0 Å². The van der Waals surface area contributed by atoms with Crippen molar-refractivity contribution in [2.75, 3.05) is 0 Å². The van der Waals surface area contributed by atoms with Gasteiger partial charge < -0.3 is 4.57 Å². The number of aromatic nitrogens is 2. The Hall–Kier alpha value is -2.23. The molecule has 0 radical (unpaired) electrons. The van der Waals surface area contributed by atoms with Gasteiger partial charge in [0, 0.05) is 26.5 Å². The molecule has 0 spiro atoms. The quantitative estimate of drug-likeness (QED) is 0.705. The molecule has 108 valence electrons. The zero-order chi connectivity index (χ0) is 15.5. The largest absolute Gasteiger partial charge is 0.307 e. The Kier molecular flexibility index (Phi) is 4.18. The minimum atomic E-state index is -0.148. The highest BCUT2D eigenvalue weighted by Crippen LogP contribution is 2.21. The van der Waals surface area contributed by atoms with Crippen molar-refractivity contribution in [3.63, 3.8) is 0 Å². The number of rotatable bonds is 3. The molecule has 1 aromatic carbocycles. The van der Waals surface area contributed by atoms with Crippen LogP contribution in [0, 0.1) is 11.3 Å². The van der Waals surface area contributed by atoms with Crippen molar-refractivity contribution >= 4 is 27.3 Å². The number of benzene rings is 1. The molecule has 2 aromatic heterocycles. The Bertz CT molecular complexity index is 923. The van der Waals surface area contributed by atoms with Crippen LogP contribution in [0.5, 0.6) is 0 Å². The third-order valence-corrected chi connectivity index (χ3v) is 4.79. The van der Waals surface area contributed by atoms with E-state index in [2.05, 4.69) is 27.0 Å². The van der Waals surface area contributed by atoms with Crippen LogP contribution in [0.4, 0.5) is 0 Å². The minimum Gasteiger partial charge on any atom is -0.307 e. The van der Waals surface area contributed by atoms with Crippen LogP contribution < -0.4 is 5.56 Å². The van der Waals surface area contributed by atoms with Gasteiger partial charge in [-0.2, -0.15) is 5.26 Å². The number of thiophene rings is 1. The molecule has 0 N–H and O–H groups in total. The van der Waals surface area contributed by atoms with E-state index in [0.29, 0.717) is 17.8 Å². The van der Waals surface area contributed by atoms with E-state index in [4.69, 9.17) is 5.26 Å². The smallest absolute Gasteiger partial charge is 0.269 e. The van der Waals surface area contributed by atoms with E-state index in [0.717, 1.165) is 14.9 Å². The lowest BCUT2D eigenvalue weighted by molar-refractivity contribution is 0.760. The highest BCUT2D eigenvalue weighted by atomic mass is 79.9. The second kappa shape index (κ2) is 6.26. The van der Waals surface area contributed by atoms with Crippen molar-refractivity contribution in [1.29, 1.82) is 5.26 Å². The first-order chi connectivity index (χ1) is 10.7. The van der Waals surface area contributed by atoms with Crippen LogP contribution in [-0.2, 0) is 6.54 Å². The van der Waals surface area contributed by atoms with Gasteiger partial charge in [0.1, 0.15) is 0 Å². The Morgan fingerprint density at radius 2 is 2.23 bits per heavy atom. The summed E-state index contributed by atoms with van der Waals surface area (Å²) in [6, 6.07) is 11.3. The molecule has 3 aromatic rings. The average Bonchev–Trinajstić information content (AvgIpc) is 2.94. The van der Waals surface area contributed by atoms with E-state index in [9.17, 15) is 4.79 Å². The maximum atomic E-state index is 12.0. The fraction of sp³-hybridized carbons (Fsp3) is 0.0625. The topological polar surface area (TPSA) is 58.7 Å². The van der Waals surface area contributed by atoms with Crippen molar-refractivity contribution in [3.8, 4) is 17.3 Å².